The zero-order chi connectivity index (χ0) is 17.6. The van der Waals surface area contributed by atoms with Gasteiger partial charge in [0.05, 0.1) is 24.0 Å². The molecule has 1 heterocycles. The number of carbonyl (C=O) groups excluding carboxylic acids is 1. The SMILES string of the molecule is N#Cc1cccc(Nc2cnc(C(=O)Nc3cccc(F)c3)cn2)c1. The van der Waals surface area contributed by atoms with Crippen molar-refractivity contribution in [1.82, 2.24) is 9.97 Å². The quantitative estimate of drug-likeness (QED) is 0.763. The number of aromatic nitrogens is 2. The predicted molar refractivity (Wildman–Crippen MR) is 90.8 cm³/mol. The Balaban J connectivity index is 1.69. The van der Waals surface area contributed by atoms with Gasteiger partial charge in [-0.3, -0.25) is 4.79 Å². The van der Waals surface area contributed by atoms with Crippen LogP contribution in [-0.4, -0.2) is 15.9 Å². The number of anilines is 3. The van der Waals surface area contributed by atoms with Crippen LogP contribution in [0.2, 0.25) is 0 Å². The van der Waals surface area contributed by atoms with Crippen molar-refractivity contribution in [3.8, 4) is 6.07 Å². The Hall–Kier alpha value is -3.79. The standard InChI is InChI=1S/C18H12FN5O/c19-13-4-2-6-15(8-13)24-18(25)16-10-22-17(11-21-16)23-14-5-1-3-12(7-14)9-20/h1-8,10-11H,(H,22,23)(H,24,25). The first-order chi connectivity index (χ1) is 12.1. The normalized spacial score (nSPS) is 9.92. The average molecular weight is 333 g/mol. The van der Waals surface area contributed by atoms with Crippen LogP contribution in [0.5, 0.6) is 0 Å². The number of nitriles is 1. The number of hydrogen-bond donors (Lipinski definition) is 2. The van der Waals surface area contributed by atoms with Crippen LogP contribution >= 0.6 is 0 Å². The van der Waals surface area contributed by atoms with Gasteiger partial charge in [0, 0.05) is 11.4 Å². The second kappa shape index (κ2) is 7.19. The van der Waals surface area contributed by atoms with Crippen molar-refractivity contribution in [2.45, 2.75) is 0 Å². The summed E-state index contributed by atoms with van der Waals surface area (Å²) in [5.74, 6) is -0.503. The fourth-order valence-electron chi connectivity index (χ4n) is 2.09. The highest BCUT2D eigenvalue weighted by molar-refractivity contribution is 6.02. The Kier molecular flexibility index (Phi) is 4.62. The third-order valence-electron chi connectivity index (χ3n) is 3.23. The van der Waals surface area contributed by atoms with Gasteiger partial charge in [0.25, 0.3) is 5.91 Å². The monoisotopic (exact) mass is 333 g/mol. The first-order valence-electron chi connectivity index (χ1n) is 7.30. The Bertz CT molecular complexity index is 950. The molecule has 25 heavy (non-hydrogen) atoms. The summed E-state index contributed by atoms with van der Waals surface area (Å²) in [4.78, 5) is 20.2. The molecular formula is C18H12FN5O. The summed E-state index contributed by atoms with van der Waals surface area (Å²) in [6.07, 6.45) is 2.71. The van der Waals surface area contributed by atoms with Crippen molar-refractivity contribution in [3.63, 3.8) is 0 Å². The van der Waals surface area contributed by atoms with E-state index in [2.05, 4.69) is 20.6 Å². The van der Waals surface area contributed by atoms with Crippen LogP contribution in [0.4, 0.5) is 21.6 Å². The second-order valence-electron chi connectivity index (χ2n) is 5.07. The van der Waals surface area contributed by atoms with Crippen molar-refractivity contribution < 1.29 is 9.18 Å². The molecule has 122 valence electrons. The molecule has 0 saturated carbocycles. The van der Waals surface area contributed by atoms with Crippen molar-refractivity contribution in [2.24, 2.45) is 0 Å². The number of nitrogens with zero attached hydrogens (tertiary/aromatic N) is 3. The highest BCUT2D eigenvalue weighted by Crippen LogP contribution is 2.15. The second-order valence-corrected chi connectivity index (χ2v) is 5.07. The molecule has 3 rings (SSSR count). The van der Waals surface area contributed by atoms with E-state index in [0.717, 1.165) is 0 Å². The number of nitrogens with one attached hydrogen (secondary N) is 2. The predicted octanol–water partition coefficient (Wildman–Crippen LogP) is 3.48. The highest BCUT2D eigenvalue weighted by atomic mass is 19.1. The molecule has 1 aromatic heterocycles. The number of halogens is 1. The molecule has 7 heteroatoms. The van der Waals surface area contributed by atoms with Crippen molar-refractivity contribution >= 4 is 23.1 Å². The molecule has 2 N–H and O–H groups in total. The maximum absolute atomic E-state index is 13.1. The lowest BCUT2D eigenvalue weighted by Crippen LogP contribution is -2.14. The van der Waals surface area contributed by atoms with Crippen molar-refractivity contribution in [3.05, 3.63) is 78.0 Å². The van der Waals surface area contributed by atoms with E-state index in [1.807, 2.05) is 6.07 Å². The Labute approximate surface area is 143 Å². The Morgan fingerprint density at radius 2 is 1.84 bits per heavy atom. The van der Waals surface area contributed by atoms with Gasteiger partial charge in [-0.1, -0.05) is 12.1 Å². The van der Waals surface area contributed by atoms with Crippen molar-refractivity contribution in [1.29, 1.82) is 5.26 Å². The molecule has 0 radical (unpaired) electrons. The number of carbonyl (C=O) groups is 1. The van der Waals surface area contributed by atoms with Crippen LogP contribution in [0.3, 0.4) is 0 Å². The molecule has 2 aromatic carbocycles. The van der Waals surface area contributed by atoms with E-state index in [1.165, 1.54) is 30.6 Å². The van der Waals surface area contributed by atoms with Crippen LogP contribution in [0.15, 0.2) is 60.9 Å². The number of benzene rings is 2. The summed E-state index contributed by atoms with van der Waals surface area (Å²) in [5, 5.41) is 14.4. The third-order valence-corrected chi connectivity index (χ3v) is 3.23. The van der Waals surface area contributed by atoms with Gasteiger partial charge in [-0.15, -0.1) is 0 Å². The molecule has 0 aliphatic heterocycles. The van der Waals surface area contributed by atoms with Gasteiger partial charge in [-0.25, -0.2) is 14.4 Å². The number of rotatable bonds is 4. The molecule has 6 nitrogen and oxygen atoms in total. The molecule has 0 atom stereocenters. The fourth-order valence-corrected chi connectivity index (χ4v) is 2.09. The van der Waals surface area contributed by atoms with Gasteiger partial charge >= 0.3 is 0 Å². The minimum atomic E-state index is -0.490. The van der Waals surface area contributed by atoms with Gasteiger partial charge in [0.1, 0.15) is 17.3 Å². The third kappa shape index (κ3) is 4.14. The van der Waals surface area contributed by atoms with Crippen LogP contribution in [0.25, 0.3) is 0 Å². The lowest BCUT2D eigenvalue weighted by Gasteiger charge is -2.07. The zero-order valence-corrected chi connectivity index (χ0v) is 12.9. The van der Waals surface area contributed by atoms with E-state index in [1.54, 1.807) is 30.3 Å². The molecule has 0 aliphatic carbocycles. The lowest BCUT2D eigenvalue weighted by atomic mass is 10.2. The van der Waals surface area contributed by atoms with Gasteiger partial charge in [0.2, 0.25) is 0 Å². The molecule has 3 aromatic rings. The van der Waals surface area contributed by atoms with E-state index in [0.29, 0.717) is 22.8 Å². The Morgan fingerprint density at radius 3 is 2.56 bits per heavy atom. The van der Waals surface area contributed by atoms with E-state index in [9.17, 15) is 9.18 Å². The molecule has 0 aliphatic rings. The maximum Gasteiger partial charge on any atom is 0.275 e. The fraction of sp³-hybridized carbons (Fsp3) is 0. The van der Waals surface area contributed by atoms with Crippen LogP contribution in [0.1, 0.15) is 16.1 Å². The maximum atomic E-state index is 13.1. The molecule has 0 fully saturated rings. The first kappa shape index (κ1) is 16.1. The summed E-state index contributed by atoms with van der Waals surface area (Å²) >= 11 is 0. The summed E-state index contributed by atoms with van der Waals surface area (Å²) in [6, 6.07) is 14.5. The summed E-state index contributed by atoms with van der Waals surface area (Å²) in [5.41, 5.74) is 1.64. The molecule has 1 amide bonds. The van der Waals surface area contributed by atoms with Crippen LogP contribution in [-0.2, 0) is 0 Å². The van der Waals surface area contributed by atoms with E-state index >= 15 is 0 Å². The summed E-state index contributed by atoms with van der Waals surface area (Å²) in [6.45, 7) is 0. The average Bonchev–Trinajstić information content (AvgIpc) is 2.62. The number of amides is 1. The zero-order valence-electron chi connectivity index (χ0n) is 12.9. The van der Waals surface area contributed by atoms with Gasteiger partial charge < -0.3 is 10.6 Å². The van der Waals surface area contributed by atoms with Crippen molar-refractivity contribution in [2.75, 3.05) is 10.6 Å². The molecule has 0 saturated heterocycles. The lowest BCUT2D eigenvalue weighted by molar-refractivity contribution is 0.102. The van der Waals surface area contributed by atoms with E-state index in [-0.39, 0.29) is 5.69 Å². The first-order valence-corrected chi connectivity index (χ1v) is 7.30. The largest absolute Gasteiger partial charge is 0.339 e. The molecule has 0 bridgehead atoms. The topological polar surface area (TPSA) is 90.7 Å². The highest BCUT2D eigenvalue weighted by Gasteiger charge is 2.09. The van der Waals surface area contributed by atoms with E-state index < -0.39 is 11.7 Å². The summed E-state index contributed by atoms with van der Waals surface area (Å²) < 4.78 is 13.1. The minimum absolute atomic E-state index is 0.0978. The van der Waals surface area contributed by atoms with Gasteiger partial charge in [-0.2, -0.15) is 5.26 Å². The summed E-state index contributed by atoms with van der Waals surface area (Å²) in [7, 11) is 0. The molecule has 0 unspecified atom stereocenters. The van der Waals surface area contributed by atoms with Gasteiger partial charge in [-0.05, 0) is 36.4 Å². The number of hydrogen-bond acceptors (Lipinski definition) is 5. The molecular weight excluding hydrogens is 321 g/mol. The van der Waals surface area contributed by atoms with E-state index in [4.69, 9.17) is 5.26 Å². The minimum Gasteiger partial charge on any atom is -0.339 e. The Morgan fingerprint density at radius 1 is 1.04 bits per heavy atom. The van der Waals surface area contributed by atoms with Gasteiger partial charge in [0.15, 0.2) is 0 Å². The smallest absolute Gasteiger partial charge is 0.275 e. The van der Waals surface area contributed by atoms with Crippen LogP contribution in [0, 0.1) is 17.1 Å². The molecule has 0 spiro atoms. The van der Waals surface area contributed by atoms with Crippen LogP contribution < -0.4 is 10.6 Å².